The number of carbonyl (C=O) groups excluding carboxylic acids is 1. The van der Waals surface area contributed by atoms with Gasteiger partial charge < -0.3 is 4.42 Å². The van der Waals surface area contributed by atoms with E-state index >= 15 is 0 Å². The van der Waals surface area contributed by atoms with Gasteiger partial charge in [0.05, 0.1) is 11.1 Å². The third kappa shape index (κ3) is 2.08. The van der Waals surface area contributed by atoms with Crippen LogP contribution in [0.2, 0.25) is 0 Å². The Hall–Kier alpha value is -2.52. The second-order valence-corrected chi connectivity index (χ2v) is 5.26. The average molecular weight is 283 g/mol. The maximum atomic E-state index is 12.3. The highest BCUT2D eigenvalue weighted by molar-refractivity contribution is 7.09. The molecule has 2 heterocycles. The number of aromatic nitrogens is 2. The number of ketones is 1. The standard InChI is InChI=1S/C14H9N3O2S/c1-8-16-11(7-20-8)13(18)9(6-15)14-17-10-4-2-3-5-12(10)19-14/h2-5,7,9H,1H3/t9-/m0/s1. The van der Waals surface area contributed by atoms with E-state index in [1.807, 2.05) is 25.1 Å². The third-order valence-corrected chi connectivity index (χ3v) is 3.59. The summed E-state index contributed by atoms with van der Waals surface area (Å²) in [5.41, 5.74) is 1.47. The van der Waals surface area contributed by atoms with Crippen LogP contribution in [0, 0.1) is 18.3 Å². The first-order chi connectivity index (χ1) is 9.69. The first kappa shape index (κ1) is 12.5. The Bertz CT molecular complexity index is 795. The lowest BCUT2D eigenvalue weighted by molar-refractivity contribution is 0.0966. The number of carbonyl (C=O) groups is 1. The number of para-hydroxylation sites is 2. The zero-order valence-corrected chi connectivity index (χ0v) is 11.3. The van der Waals surface area contributed by atoms with Gasteiger partial charge in [0.25, 0.3) is 0 Å². The Kier molecular flexibility index (Phi) is 3.05. The fourth-order valence-corrected chi connectivity index (χ4v) is 2.47. The number of nitrogens with zero attached hydrogens (tertiary/aromatic N) is 3. The van der Waals surface area contributed by atoms with E-state index < -0.39 is 5.92 Å². The number of fused-ring (bicyclic) bond motifs is 1. The first-order valence-corrected chi connectivity index (χ1v) is 6.78. The van der Waals surface area contributed by atoms with Crippen molar-refractivity contribution < 1.29 is 9.21 Å². The number of hydrogen-bond donors (Lipinski definition) is 0. The topological polar surface area (TPSA) is 79.8 Å². The van der Waals surface area contributed by atoms with Crippen LogP contribution in [0.1, 0.15) is 27.3 Å². The number of rotatable bonds is 3. The minimum Gasteiger partial charge on any atom is -0.439 e. The zero-order valence-electron chi connectivity index (χ0n) is 10.5. The molecule has 1 atom stereocenters. The molecule has 0 fully saturated rings. The van der Waals surface area contributed by atoms with E-state index in [-0.39, 0.29) is 17.4 Å². The molecule has 6 heteroatoms. The molecule has 0 aliphatic heterocycles. The number of hydrogen-bond acceptors (Lipinski definition) is 6. The second-order valence-electron chi connectivity index (χ2n) is 4.20. The van der Waals surface area contributed by atoms with Crippen molar-refractivity contribution in [1.29, 1.82) is 5.26 Å². The number of benzene rings is 1. The van der Waals surface area contributed by atoms with Gasteiger partial charge in [-0.05, 0) is 19.1 Å². The van der Waals surface area contributed by atoms with E-state index in [0.29, 0.717) is 11.1 Å². The Balaban J connectivity index is 2.01. The lowest BCUT2D eigenvalue weighted by Crippen LogP contribution is -2.12. The lowest BCUT2D eigenvalue weighted by atomic mass is 10.0. The van der Waals surface area contributed by atoms with Gasteiger partial charge in [-0.1, -0.05) is 12.1 Å². The molecule has 0 aliphatic carbocycles. The molecule has 20 heavy (non-hydrogen) atoms. The maximum Gasteiger partial charge on any atom is 0.220 e. The SMILES string of the molecule is Cc1nc(C(=O)[C@H](C#N)c2nc3ccccc3o2)cs1. The van der Waals surface area contributed by atoms with E-state index in [1.165, 1.54) is 11.3 Å². The summed E-state index contributed by atoms with van der Waals surface area (Å²) in [5.74, 6) is -1.34. The minimum atomic E-state index is -1.07. The highest BCUT2D eigenvalue weighted by Gasteiger charge is 2.28. The molecule has 1 aromatic carbocycles. The molecule has 0 bridgehead atoms. The molecule has 0 amide bonds. The van der Waals surface area contributed by atoms with Gasteiger partial charge in [-0.3, -0.25) is 4.79 Å². The summed E-state index contributed by atoms with van der Waals surface area (Å²) >= 11 is 1.37. The first-order valence-electron chi connectivity index (χ1n) is 5.90. The summed E-state index contributed by atoms with van der Waals surface area (Å²) in [6, 6.07) is 9.10. The Morgan fingerprint density at radius 3 is 2.85 bits per heavy atom. The van der Waals surface area contributed by atoms with E-state index in [9.17, 15) is 10.1 Å². The molecule has 2 aromatic heterocycles. The quantitative estimate of drug-likeness (QED) is 0.690. The van der Waals surface area contributed by atoms with Gasteiger partial charge in [-0.15, -0.1) is 11.3 Å². The molecule has 98 valence electrons. The van der Waals surface area contributed by atoms with Gasteiger partial charge in [0, 0.05) is 5.38 Å². The summed E-state index contributed by atoms with van der Waals surface area (Å²) < 4.78 is 5.49. The average Bonchev–Trinajstić information content (AvgIpc) is 3.05. The number of thiazole rings is 1. The van der Waals surface area contributed by atoms with Crippen molar-refractivity contribution in [3.05, 3.63) is 46.2 Å². The fourth-order valence-electron chi connectivity index (χ4n) is 1.86. The molecule has 0 N–H and O–H groups in total. The fraction of sp³-hybridized carbons (Fsp3) is 0.143. The van der Waals surface area contributed by atoms with Crippen LogP contribution in [0.3, 0.4) is 0 Å². The van der Waals surface area contributed by atoms with E-state index in [0.717, 1.165) is 5.01 Å². The van der Waals surface area contributed by atoms with Gasteiger partial charge >= 0.3 is 0 Å². The van der Waals surface area contributed by atoms with Crippen LogP contribution in [-0.4, -0.2) is 15.8 Å². The molecular formula is C14H9N3O2S. The molecule has 0 spiro atoms. The highest BCUT2D eigenvalue weighted by Crippen LogP contribution is 2.24. The number of oxazole rings is 1. The molecule has 0 radical (unpaired) electrons. The van der Waals surface area contributed by atoms with Crippen molar-refractivity contribution in [2.75, 3.05) is 0 Å². The van der Waals surface area contributed by atoms with Crippen molar-refractivity contribution in [2.45, 2.75) is 12.8 Å². The van der Waals surface area contributed by atoms with Crippen LogP contribution in [0.15, 0.2) is 34.1 Å². The van der Waals surface area contributed by atoms with Crippen LogP contribution in [0.4, 0.5) is 0 Å². The third-order valence-electron chi connectivity index (χ3n) is 2.82. The van der Waals surface area contributed by atoms with Crippen molar-refractivity contribution in [3.8, 4) is 6.07 Å². The van der Waals surface area contributed by atoms with Crippen LogP contribution in [0.25, 0.3) is 11.1 Å². The number of nitriles is 1. The van der Waals surface area contributed by atoms with Crippen LogP contribution < -0.4 is 0 Å². The Labute approximate surface area is 118 Å². The number of aryl methyl sites for hydroxylation is 1. The smallest absolute Gasteiger partial charge is 0.220 e. The molecule has 0 saturated carbocycles. The molecule has 0 saturated heterocycles. The molecule has 0 aliphatic rings. The monoisotopic (exact) mass is 283 g/mol. The van der Waals surface area contributed by atoms with E-state index in [2.05, 4.69) is 9.97 Å². The van der Waals surface area contributed by atoms with Gasteiger partial charge in [0.1, 0.15) is 11.2 Å². The van der Waals surface area contributed by atoms with Crippen molar-refractivity contribution in [1.82, 2.24) is 9.97 Å². The second kappa shape index (κ2) is 4.87. The normalized spacial score (nSPS) is 12.2. The summed E-state index contributed by atoms with van der Waals surface area (Å²) in [7, 11) is 0. The summed E-state index contributed by atoms with van der Waals surface area (Å²) in [5, 5.41) is 11.7. The largest absolute Gasteiger partial charge is 0.439 e. The maximum absolute atomic E-state index is 12.3. The summed E-state index contributed by atoms with van der Waals surface area (Å²) in [4.78, 5) is 20.6. The van der Waals surface area contributed by atoms with E-state index in [1.54, 1.807) is 17.5 Å². The predicted molar refractivity (Wildman–Crippen MR) is 73.5 cm³/mol. The number of Topliss-reactive ketones (excluding diaryl/α,β-unsaturated/α-hetero) is 1. The molecule has 3 aromatic rings. The zero-order chi connectivity index (χ0) is 14.1. The van der Waals surface area contributed by atoms with Gasteiger partial charge in [0.15, 0.2) is 11.5 Å². The highest BCUT2D eigenvalue weighted by atomic mass is 32.1. The molecular weight excluding hydrogens is 274 g/mol. The van der Waals surface area contributed by atoms with Crippen molar-refractivity contribution in [2.24, 2.45) is 0 Å². The molecule has 5 nitrogen and oxygen atoms in total. The Morgan fingerprint density at radius 2 is 2.20 bits per heavy atom. The lowest BCUT2D eigenvalue weighted by Gasteiger charge is -2.00. The van der Waals surface area contributed by atoms with Gasteiger partial charge in [-0.25, -0.2) is 9.97 Å². The Morgan fingerprint density at radius 1 is 1.40 bits per heavy atom. The predicted octanol–water partition coefficient (Wildman–Crippen LogP) is 3.08. The summed E-state index contributed by atoms with van der Waals surface area (Å²) in [6.45, 7) is 1.81. The van der Waals surface area contributed by atoms with Crippen LogP contribution >= 0.6 is 11.3 Å². The molecule has 3 rings (SSSR count). The molecule has 0 unspecified atom stereocenters. The van der Waals surface area contributed by atoms with E-state index in [4.69, 9.17) is 4.42 Å². The summed E-state index contributed by atoms with van der Waals surface area (Å²) in [6.07, 6.45) is 0. The van der Waals surface area contributed by atoms with Crippen LogP contribution in [-0.2, 0) is 0 Å². The minimum absolute atomic E-state index is 0.115. The van der Waals surface area contributed by atoms with Crippen molar-refractivity contribution >= 4 is 28.2 Å². The van der Waals surface area contributed by atoms with Crippen LogP contribution in [0.5, 0.6) is 0 Å². The van der Waals surface area contributed by atoms with Gasteiger partial charge in [0.2, 0.25) is 11.7 Å². The van der Waals surface area contributed by atoms with Crippen molar-refractivity contribution in [3.63, 3.8) is 0 Å². The van der Waals surface area contributed by atoms with Gasteiger partial charge in [-0.2, -0.15) is 5.26 Å².